The summed E-state index contributed by atoms with van der Waals surface area (Å²) in [5.74, 6) is -2.95. The normalized spacial score (nSPS) is 10.3. The highest BCUT2D eigenvalue weighted by Crippen LogP contribution is 2.21. The summed E-state index contributed by atoms with van der Waals surface area (Å²) < 4.78 is 25.9. The smallest absolute Gasteiger partial charge is 0.280 e. The van der Waals surface area contributed by atoms with Crippen LogP contribution in [-0.2, 0) is 0 Å². The number of aromatic nitrogens is 1. The van der Waals surface area contributed by atoms with E-state index in [1.54, 1.807) is 0 Å². The van der Waals surface area contributed by atoms with Gasteiger partial charge in [-0.25, -0.2) is 13.8 Å². The van der Waals surface area contributed by atoms with Crippen molar-refractivity contribution < 1.29 is 18.7 Å². The lowest BCUT2D eigenvalue weighted by molar-refractivity contribution is 0.0985. The van der Waals surface area contributed by atoms with E-state index in [1.807, 2.05) is 0 Å². The van der Waals surface area contributed by atoms with Gasteiger partial charge < -0.3 is 10.0 Å². The molecule has 0 radical (unpaired) electrons. The van der Waals surface area contributed by atoms with Crippen molar-refractivity contribution in [2.24, 2.45) is 0 Å². The highest BCUT2D eigenvalue weighted by molar-refractivity contribution is 6.06. The molecule has 0 aliphatic rings. The lowest BCUT2D eigenvalue weighted by Crippen LogP contribution is -2.27. The summed E-state index contributed by atoms with van der Waals surface area (Å²) in [6.07, 6.45) is 1.35. The Bertz CT molecular complexity index is 632. The summed E-state index contributed by atoms with van der Waals surface area (Å²) in [6.45, 7) is 0. The Hall–Kier alpha value is -2.50. The third-order valence-corrected chi connectivity index (χ3v) is 2.58. The first-order valence-electron chi connectivity index (χ1n) is 5.38. The van der Waals surface area contributed by atoms with Gasteiger partial charge in [-0.1, -0.05) is 0 Å². The molecule has 2 aromatic rings. The molecule has 1 heterocycles. The van der Waals surface area contributed by atoms with Gasteiger partial charge in [0.05, 0.1) is 0 Å². The number of amides is 1. The first kappa shape index (κ1) is 12.9. The van der Waals surface area contributed by atoms with Crippen LogP contribution in [0.1, 0.15) is 10.5 Å². The van der Waals surface area contributed by atoms with Gasteiger partial charge in [0.2, 0.25) is 0 Å². The van der Waals surface area contributed by atoms with E-state index in [-0.39, 0.29) is 17.1 Å². The van der Waals surface area contributed by atoms with Crippen molar-refractivity contribution in [1.82, 2.24) is 4.98 Å². The molecule has 19 heavy (non-hydrogen) atoms. The third-order valence-electron chi connectivity index (χ3n) is 2.58. The fraction of sp³-hybridized carbons (Fsp3) is 0.0769. The molecule has 98 valence electrons. The molecule has 4 nitrogen and oxygen atoms in total. The zero-order chi connectivity index (χ0) is 14.0. The number of aromatic hydroxyl groups is 1. The van der Waals surface area contributed by atoms with Crippen molar-refractivity contribution in [3.8, 4) is 5.75 Å². The summed E-state index contributed by atoms with van der Waals surface area (Å²) >= 11 is 0. The summed E-state index contributed by atoms with van der Waals surface area (Å²) in [5.41, 5.74) is 0.00341. The monoisotopic (exact) mass is 264 g/mol. The van der Waals surface area contributed by atoms with Crippen molar-refractivity contribution in [1.29, 1.82) is 0 Å². The van der Waals surface area contributed by atoms with E-state index >= 15 is 0 Å². The van der Waals surface area contributed by atoms with Crippen LogP contribution in [0, 0.1) is 11.6 Å². The highest BCUT2D eigenvalue weighted by Gasteiger charge is 2.19. The second kappa shape index (κ2) is 5.01. The van der Waals surface area contributed by atoms with Gasteiger partial charge in [0.25, 0.3) is 5.91 Å². The van der Waals surface area contributed by atoms with Crippen molar-refractivity contribution >= 4 is 11.6 Å². The molecule has 6 heteroatoms. The molecule has 1 aromatic carbocycles. The Kier molecular flexibility index (Phi) is 3.41. The van der Waals surface area contributed by atoms with E-state index in [9.17, 15) is 18.7 Å². The zero-order valence-corrected chi connectivity index (χ0v) is 9.97. The van der Waals surface area contributed by atoms with E-state index < -0.39 is 17.5 Å². The number of hydrogen-bond donors (Lipinski definition) is 1. The van der Waals surface area contributed by atoms with Crippen LogP contribution in [0.2, 0.25) is 0 Å². The first-order chi connectivity index (χ1) is 9.00. The molecule has 0 aliphatic heterocycles. The maximum Gasteiger partial charge on any atom is 0.280 e. The third kappa shape index (κ3) is 2.52. The number of hydrogen-bond acceptors (Lipinski definition) is 3. The quantitative estimate of drug-likeness (QED) is 0.905. The van der Waals surface area contributed by atoms with Gasteiger partial charge in [0.1, 0.15) is 5.75 Å². The van der Waals surface area contributed by atoms with Gasteiger partial charge in [0.15, 0.2) is 17.3 Å². The van der Waals surface area contributed by atoms with Crippen LogP contribution in [0.25, 0.3) is 0 Å². The summed E-state index contributed by atoms with van der Waals surface area (Å²) in [4.78, 5) is 16.9. The fourth-order valence-corrected chi connectivity index (χ4v) is 1.53. The molecule has 2 rings (SSSR count). The maximum absolute atomic E-state index is 13.1. The van der Waals surface area contributed by atoms with E-state index in [0.717, 1.165) is 17.0 Å². The Morgan fingerprint density at radius 3 is 2.63 bits per heavy atom. The molecule has 0 fully saturated rings. The zero-order valence-electron chi connectivity index (χ0n) is 9.97. The molecule has 0 bridgehead atoms. The molecule has 0 saturated carbocycles. The predicted molar refractivity (Wildman–Crippen MR) is 65.0 cm³/mol. The largest absolute Gasteiger partial charge is 0.505 e. The molecular weight excluding hydrogens is 254 g/mol. The van der Waals surface area contributed by atoms with Crippen LogP contribution in [-0.4, -0.2) is 23.0 Å². The topological polar surface area (TPSA) is 53.4 Å². The van der Waals surface area contributed by atoms with Crippen LogP contribution in [0.15, 0.2) is 36.5 Å². The molecule has 1 amide bonds. The number of nitrogens with zero attached hydrogens (tertiary/aromatic N) is 2. The number of carbonyl (C=O) groups is 1. The predicted octanol–water partition coefficient (Wildman–Crippen LogP) is 2.34. The number of halogens is 2. The van der Waals surface area contributed by atoms with Crippen LogP contribution in [0.5, 0.6) is 5.75 Å². The van der Waals surface area contributed by atoms with E-state index in [2.05, 4.69) is 4.98 Å². The Morgan fingerprint density at radius 1 is 1.26 bits per heavy atom. The number of carbonyl (C=O) groups excluding carboxylic acids is 1. The second-order valence-electron chi connectivity index (χ2n) is 3.83. The number of benzene rings is 1. The number of rotatable bonds is 2. The lowest BCUT2D eigenvalue weighted by atomic mass is 10.2. The molecule has 0 aliphatic carbocycles. The maximum atomic E-state index is 13.1. The van der Waals surface area contributed by atoms with E-state index in [4.69, 9.17) is 0 Å². The summed E-state index contributed by atoms with van der Waals surface area (Å²) in [6, 6.07) is 5.87. The van der Waals surface area contributed by atoms with E-state index in [1.165, 1.54) is 31.4 Å². The van der Waals surface area contributed by atoms with Crippen molar-refractivity contribution in [2.75, 3.05) is 11.9 Å². The standard InChI is InChI=1S/C13H10F2N2O2/c1-17(8-4-5-9(14)10(15)7-8)13(19)12-11(18)3-2-6-16-12/h2-7,18H,1H3. The average Bonchev–Trinajstić information content (AvgIpc) is 2.41. The molecule has 0 saturated heterocycles. The molecule has 1 aromatic heterocycles. The van der Waals surface area contributed by atoms with Gasteiger partial charge in [-0.15, -0.1) is 0 Å². The minimum absolute atomic E-state index is 0.158. The SMILES string of the molecule is CN(C(=O)c1ncccc1O)c1ccc(F)c(F)c1. The van der Waals surface area contributed by atoms with E-state index in [0.29, 0.717) is 0 Å². The number of pyridine rings is 1. The molecule has 0 unspecified atom stereocenters. The molecule has 0 atom stereocenters. The van der Waals surface area contributed by atoms with Crippen molar-refractivity contribution in [2.45, 2.75) is 0 Å². The summed E-state index contributed by atoms with van der Waals surface area (Å²) in [5, 5.41) is 9.53. The molecular formula is C13H10F2N2O2. The minimum Gasteiger partial charge on any atom is -0.505 e. The van der Waals surface area contributed by atoms with Gasteiger partial charge in [-0.2, -0.15) is 0 Å². The van der Waals surface area contributed by atoms with Crippen molar-refractivity contribution in [3.05, 3.63) is 53.9 Å². The molecule has 1 N–H and O–H groups in total. The van der Waals surface area contributed by atoms with Gasteiger partial charge in [-0.05, 0) is 24.3 Å². The lowest BCUT2D eigenvalue weighted by Gasteiger charge is -2.17. The Labute approximate surface area is 107 Å². The first-order valence-corrected chi connectivity index (χ1v) is 5.38. The Morgan fingerprint density at radius 2 is 2.00 bits per heavy atom. The van der Waals surface area contributed by atoms with Crippen molar-refractivity contribution in [3.63, 3.8) is 0 Å². The van der Waals surface area contributed by atoms with Crippen LogP contribution in [0.3, 0.4) is 0 Å². The molecule has 0 spiro atoms. The fourth-order valence-electron chi connectivity index (χ4n) is 1.53. The van der Waals surface area contributed by atoms with Crippen LogP contribution < -0.4 is 4.90 Å². The summed E-state index contributed by atoms with van der Waals surface area (Å²) in [7, 11) is 1.38. The van der Waals surface area contributed by atoms with Crippen LogP contribution in [0.4, 0.5) is 14.5 Å². The van der Waals surface area contributed by atoms with Gasteiger partial charge in [-0.3, -0.25) is 4.79 Å². The average molecular weight is 264 g/mol. The number of anilines is 1. The van der Waals surface area contributed by atoms with Gasteiger partial charge >= 0.3 is 0 Å². The second-order valence-corrected chi connectivity index (χ2v) is 3.83. The Balaban J connectivity index is 2.34. The van der Waals surface area contributed by atoms with Crippen LogP contribution >= 0.6 is 0 Å². The minimum atomic E-state index is -1.05. The highest BCUT2D eigenvalue weighted by atomic mass is 19.2. The van der Waals surface area contributed by atoms with Gasteiger partial charge in [0, 0.05) is 25.0 Å².